The number of nitrogens with zero attached hydrogens (tertiary/aromatic N) is 2. The van der Waals surface area contributed by atoms with Crippen molar-refractivity contribution in [2.24, 2.45) is 0 Å². The molecule has 3 rings (SSSR count). The fourth-order valence-electron chi connectivity index (χ4n) is 2.22. The van der Waals surface area contributed by atoms with E-state index in [0.29, 0.717) is 0 Å². The quantitative estimate of drug-likeness (QED) is 0.747. The summed E-state index contributed by atoms with van der Waals surface area (Å²) in [5.41, 5.74) is 3.48. The van der Waals surface area contributed by atoms with Crippen LogP contribution in [-0.4, -0.2) is 9.97 Å². The number of aryl methyl sites for hydroxylation is 1. The van der Waals surface area contributed by atoms with Gasteiger partial charge in [0.2, 0.25) is 0 Å². The molecule has 3 aromatic heterocycles. The summed E-state index contributed by atoms with van der Waals surface area (Å²) in [5.74, 6) is 0. The summed E-state index contributed by atoms with van der Waals surface area (Å²) in [5, 5.41) is 11.1. The van der Waals surface area contributed by atoms with Gasteiger partial charge in [-0.3, -0.25) is 4.98 Å². The molecule has 1 N–H and O–H groups in total. The smallest absolute Gasteiger partial charge is 0.110 e. The van der Waals surface area contributed by atoms with Gasteiger partial charge >= 0.3 is 0 Å². The van der Waals surface area contributed by atoms with Gasteiger partial charge in [0.25, 0.3) is 0 Å². The minimum atomic E-state index is 0.238. The minimum Gasteiger partial charge on any atom is -0.302 e. The average Bonchev–Trinajstić information content (AvgIpc) is 3.16. The molecule has 108 valence electrons. The van der Waals surface area contributed by atoms with E-state index < -0.39 is 0 Å². The summed E-state index contributed by atoms with van der Waals surface area (Å²) >= 11 is 3.44. The normalized spacial score (nSPS) is 12.4. The van der Waals surface area contributed by atoms with Crippen molar-refractivity contribution in [1.82, 2.24) is 15.3 Å². The largest absolute Gasteiger partial charge is 0.302 e. The minimum absolute atomic E-state index is 0.238. The van der Waals surface area contributed by atoms with E-state index in [4.69, 9.17) is 0 Å². The first kappa shape index (κ1) is 14.4. The number of thiophene rings is 1. The van der Waals surface area contributed by atoms with E-state index in [-0.39, 0.29) is 6.04 Å². The van der Waals surface area contributed by atoms with Crippen molar-refractivity contribution < 1.29 is 0 Å². The van der Waals surface area contributed by atoms with Gasteiger partial charge in [-0.15, -0.1) is 11.3 Å². The van der Waals surface area contributed by atoms with Gasteiger partial charge in [-0.25, -0.2) is 4.98 Å². The summed E-state index contributed by atoms with van der Waals surface area (Å²) in [6, 6.07) is 8.55. The van der Waals surface area contributed by atoms with E-state index in [1.807, 2.05) is 24.6 Å². The molecule has 0 amide bonds. The van der Waals surface area contributed by atoms with Gasteiger partial charge in [-0.1, -0.05) is 6.07 Å². The highest BCUT2D eigenvalue weighted by Gasteiger charge is 2.15. The Balaban J connectivity index is 1.70. The van der Waals surface area contributed by atoms with Crippen molar-refractivity contribution in [2.75, 3.05) is 0 Å². The summed E-state index contributed by atoms with van der Waals surface area (Å²) in [6.45, 7) is 2.78. The van der Waals surface area contributed by atoms with Gasteiger partial charge in [0.15, 0.2) is 0 Å². The molecule has 1 atom stereocenters. The second kappa shape index (κ2) is 6.93. The molecule has 3 heterocycles. The first-order chi connectivity index (χ1) is 10.3. The lowest BCUT2D eigenvalue weighted by atomic mass is 10.1. The molecule has 0 fully saturated rings. The van der Waals surface area contributed by atoms with Crippen LogP contribution >= 0.6 is 22.7 Å². The summed E-state index contributed by atoms with van der Waals surface area (Å²) < 4.78 is 0. The van der Waals surface area contributed by atoms with Crippen LogP contribution < -0.4 is 5.32 Å². The van der Waals surface area contributed by atoms with Gasteiger partial charge in [-0.05, 0) is 47.9 Å². The molecule has 0 aliphatic rings. The van der Waals surface area contributed by atoms with Crippen LogP contribution in [0.1, 0.15) is 28.0 Å². The monoisotopic (exact) mass is 315 g/mol. The van der Waals surface area contributed by atoms with E-state index in [2.05, 4.69) is 44.2 Å². The molecule has 3 aromatic rings. The molecule has 0 radical (unpaired) electrons. The second-order valence-corrected chi connectivity index (χ2v) is 6.62. The average molecular weight is 315 g/mol. The maximum Gasteiger partial charge on any atom is 0.110 e. The second-order valence-electron chi connectivity index (χ2n) is 4.91. The molecule has 21 heavy (non-hydrogen) atoms. The Morgan fingerprint density at radius 2 is 2.19 bits per heavy atom. The SMILES string of the molecule is Cc1cccc(CNC(Cc2ccsc2)c2nccs2)n1. The van der Waals surface area contributed by atoms with Crippen LogP contribution in [0.25, 0.3) is 0 Å². The Labute approximate surface area is 132 Å². The molecule has 0 spiro atoms. The van der Waals surface area contributed by atoms with Crippen molar-refractivity contribution >= 4 is 22.7 Å². The van der Waals surface area contributed by atoms with Crippen LogP contribution in [-0.2, 0) is 13.0 Å². The van der Waals surface area contributed by atoms with Gasteiger partial charge in [0, 0.05) is 23.8 Å². The number of aromatic nitrogens is 2. The Hall–Kier alpha value is -1.56. The van der Waals surface area contributed by atoms with Gasteiger partial charge in [0.1, 0.15) is 5.01 Å². The van der Waals surface area contributed by atoms with Crippen molar-refractivity contribution in [3.8, 4) is 0 Å². The molecule has 0 aromatic carbocycles. The predicted molar refractivity (Wildman–Crippen MR) is 88.7 cm³/mol. The zero-order valence-corrected chi connectivity index (χ0v) is 13.5. The lowest BCUT2D eigenvalue weighted by Gasteiger charge is -2.16. The van der Waals surface area contributed by atoms with Crippen molar-refractivity contribution in [2.45, 2.75) is 25.9 Å². The van der Waals surface area contributed by atoms with Crippen LogP contribution in [0.2, 0.25) is 0 Å². The zero-order chi connectivity index (χ0) is 14.5. The fourth-order valence-corrected chi connectivity index (χ4v) is 3.62. The summed E-state index contributed by atoms with van der Waals surface area (Å²) in [4.78, 5) is 9.01. The van der Waals surface area contributed by atoms with Gasteiger partial charge in [0.05, 0.1) is 11.7 Å². The van der Waals surface area contributed by atoms with Crippen LogP contribution in [0.4, 0.5) is 0 Å². The first-order valence-corrected chi connectivity index (χ1v) is 8.70. The van der Waals surface area contributed by atoms with Crippen LogP contribution in [0.5, 0.6) is 0 Å². The van der Waals surface area contributed by atoms with Crippen molar-refractivity contribution in [1.29, 1.82) is 0 Å². The molecule has 0 bridgehead atoms. The molecule has 0 saturated carbocycles. The van der Waals surface area contributed by atoms with Crippen molar-refractivity contribution in [3.63, 3.8) is 0 Å². The third-order valence-electron chi connectivity index (χ3n) is 3.25. The van der Waals surface area contributed by atoms with E-state index in [1.54, 1.807) is 22.7 Å². The summed E-state index contributed by atoms with van der Waals surface area (Å²) in [7, 11) is 0. The van der Waals surface area contributed by atoms with Gasteiger partial charge in [-0.2, -0.15) is 11.3 Å². The van der Waals surface area contributed by atoms with E-state index in [9.17, 15) is 0 Å². The third-order valence-corrected chi connectivity index (χ3v) is 4.87. The number of thiazole rings is 1. The maximum absolute atomic E-state index is 4.55. The topological polar surface area (TPSA) is 37.8 Å². The Morgan fingerprint density at radius 3 is 2.90 bits per heavy atom. The molecule has 5 heteroatoms. The molecule has 0 saturated heterocycles. The number of rotatable bonds is 6. The van der Waals surface area contributed by atoms with Crippen molar-refractivity contribution in [3.05, 3.63) is 68.6 Å². The van der Waals surface area contributed by atoms with Crippen LogP contribution in [0.3, 0.4) is 0 Å². The van der Waals surface area contributed by atoms with E-state index in [0.717, 1.165) is 29.4 Å². The number of pyridine rings is 1. The Morgan fingerprint density at radius 1 is 1.24 bits per heavy atom. The molecule has 0 aliphatic carbocycles. The standard InChI is InChI=1S/C16H17N3S2/c1-12-3-2-4-14(19-12)10-18-15(16-17-6-8-21-16)9-13-5-7-20-11-13/h2-8,11,15,18H,9-10H2,1H3. The van der Waals surface area contributed by atoms with E-state index >= 15 is 0 Å². The fraction of sp³-hybridized carbons (Fsp3) is 0.250. The number of nitrogens with one attached hydrogen (secondary N) is 1. The van der Waals surface area contributed by atoms with Gasteiger partial charge < -0.3 is 5.32 Å². The highest BCUT2D eigenvalue weighted by atomic mass is 32.1. The van der Waals surface area contributed by atoms with Crippen LogP contribution in [0, 0.1) is 6.92 Å². The third kappa shape index (κ3) is 3.97. The lowest BCUT2D eigenvalue weighted by molar-refractivity contribution is 0.523. The highest BCUT2D eigenvalue weighted by Crippen LogP contribution is 2.22. The Bertz CT molecular complexity index is 663. The summed E-state index contributed by atoms with van der Waals surface area (Å²) in [6.07, 6.45) is 2.83. The zero-order valence-electron chi connectivity index (χ0n) is 11.8. The number of hydrogen-bond acceptors (Lipinski definition) is 5. The first-order valence-electron chi connectivity index (χ1n) is 6.87. The maximum atomic E-state index is 4.55. The Kier molecular flexibility index (Phi) is 4.75. The molecule has 3 nitrogen and oxygen atoms in total. The van der Waals surface area contributed by atoms with E-state index in [1.165, 1.54) is 5.56 Å². The van der Waals surface area contributed by atoms with Crippen LogP contribution in [0.15, 0.2) is 46.6 Å². The molecular weight excluding hydrogens is 298 g/mol. The predicted octanol–water partition coefficient (Wildman–Crippen LogP) is 3.98. The number of hydrogen-bond donors (Lipinski definition) is 1. The molecule has 0 aliphatic heterocycles. The molecule has 1 unspecified atom stereocenters. The lowest BCUT2D eigenvalue weighted by Crippen LogP contribution is -2.23. The highest BCUT2D eigenvalue weighted by molar-refractivity contribution is 7.09. The molecular formula is C16H17N3S2.